The van der Waals surface area contributed by atoms with E-state index in [-0.39, 0.29) is 0 Å². The number of fused-ring (bicyclic) bond motifs is 1. The predicted molar refractivity (Wildman–Crippen MR) is 106 cm³/mol. The summed E-state index contributed by atoms with van der Waals surface area (Å²) >= 11 is 12.1. The van der Waals surface area contributed by atoms with Gasteiger partial charge in [0.1, 0.15) is 5.71 Å². The van der Waals surface area contributed by atoms with Gasteiger partial charge in [-0.05, 0) is 30.3 Å². The molecule has 1 atom stereocenters. The lowest BCUT2D eigenvalue weighted by Gasteiger charge is -2.32. The van der Waals surface area contributed by atoms with Gasteiger partial charge in [0.15, 0.2) is 0 Å². The lowest BCUT2D eigenvalue weighted by Crippen LogP contribution is -2.39. The van der Waals surface area contributed by atoms with Gasteiger partial charge in [0, 0.05) is 39.9 Å². The van der Waals surface area contributed by atoms with Crippen LogP contribution in [0.15, 0.2) is 72.0 Å². The summed E-state index contributed by atoms with van der Waals surface area (Å²) in [5.41, 5.74) is 2.36. The van der Waals surface area contributed by atoms with Crippen LogP contribution in [0.25, 0.3) is 0 Å². The zero-order valence-electron chi connectivity index (χ0n) is 14.3. The number of carbonyl (C=O) groups is 1. The predicted octanol–water partition coefficient (Wildman–Crippen LogP) is 5.33. The molecule has 134 valence electrons. The minimum absolute atomic E-state index is 0.420. The maximum absolute atomic E-state index is 12.1. The minimum atomic E-state index is -1.19. The van der Waals surface area contributed by atoms with E-state index >= 15 is 0 Å². The molecule has 27 heavy (non-hydrogen) atoms. The lowest BCUT2D eigenvalue weighted by atomic mass is 9.81. The Hall–Kier alpha value is -2.69. The van der Waals surface area contributed by atoms with Crippen molar-refractivity contribution in [2.24, 2.45) is 4.99 Å². The number of benzene rings is 2. The largest absolute Gasteiger partial charge is 0.443 e. The third-order valence-electron chi connectivity index (χ3n) is 4.41. The molecule has 3 aromatic rings. The zero-order valence-corrected chi connectivity index (χ0v) is 15.8. The molecule has 0 saturated carbocycles. The molecule has 0 saturated heterocycles. The number of hydrogen-bond acceptors (Lipinski definition) is 4. The van der Waals surface area contributed by atoms with Crippen LogP contribution in [0.3, 0.4) is 0 Å². The van der Waals surface area contributed by atoms with Crippen molar-refractivity contribution in [2.75, 3.05) is 0 Å². The highest BCUT2D eigenvalue weighted by atomic mass is 35.5. The molecule has 6 heteroatoms. The number of aromatic nitrogens is 1. The Bertz CT molecular complexity index is 1050. The Morgan fingerprint density at radius 1 is 0.963 bits per heavy atom. The van der Waals surface area contributed by atoms with Crippen LogP contribution >= 0.6 is 23.2 Å². The van der Waals surface area contributed by atoms with Gasteiger partial charge in [-0.15, -0.1) is 0 Å². The first-order valence-electron chi connectivity index (χ1n) is 8.26. The molecule has 1 aliphatic heterocycles. The van der Waals surface area contributed by atoms with Crippen LogP contribution in [0.1, 0.15) is 23.6 Å². The van der Waals surface area contributed by atoms with Crippen LogP contribution in [0.4, 0.5) is 5.69 Å². The van der Waals surface area contributed by atoms with Gasteiger partial charge in [0.25, 0.3) is 0 Å². The normalized spacial score (nSPS) is 18.0. The van der Waals surface area contributed by atoms with E-state index in [0.29, 0.717) is 21.4 Å². The number of rotatable bonds is 3. The fourth-order valence-electron chi connectivity index (χ4n) is 3.33. The van der Waals surface area contributed by atoms with Crippen LogP contribution in [0, 0.1) is 0 Å². The van der Waals surface area contributed by atoms with Gasteiger partial charge < -0.3 is 4.74 Å². The highest BCUT2D eigenvalue weighted by Gasteiger charge is 2.49. The number of nitrogens with zero attached hydrogens (tertiary/aromatic N) is 2. The Labute approximate surface area is 166 Å². The summed E-state index contributed by atoms with van der Waals surface area (Å²) in [6.07, 6.45) is 3.32. The van der Waals surface area contributed by atoms with E-state index in [1.165, 1.54) is 6.92 Å². The standard InChI is InChI=1S/C21H14Cl2N2O2/c1-13(26)27-21(15-4-8-17(23)9-5-15)18-10-11-24-12-19(18)25-20(21)14-2-6-16(22)7-3-14/h2-12H,1H3. The molecule has 0 aliphatic carbocycles. The molecule has 1 unspecified atom stereocenters. The van der Waals surface area contributed by atoms with E-state index in [1.807, 2.05) is 30.3 Å². The van der Waals surface area contributed by atoms with Crippen molar-refractivity contribution in [1.29, 1.82) is 0 Å². The number of halogens is 2. The molecule has 0 N–H and O–H groups in total. The van der Waals surface area contributed by atoms with Gasteiger partial charge in [-0.1, -0.05) is 47.5 Å². The Morgan fingerprint density at radius 2 is 1.59 bits per heavy atom. The second kappa shape index (κ2) is 6.80. The van der Waals surface area contributed by atoms with Gasteiger partial charge in [-0.3, -0.25) is 9.78 Å². The molecule has 2 heterocycles. The summed E-state index contributed by atoms with van der Waals surface area (Å²) in [7, 11) is 0. The fraction of sp³-hybridized carbons (Fsp3) is 0.0952. The van der Waals surface area contributed by atoms with Crippen molar-refractivity contribution in [3.8, 4) is 0 Å². The molecule has 1 aromatic heterocycles. The number of ether oxygens (including phenoxy) is 1. The van der Waals surface area contributed by atoms with Gasteiger partial charge >= 0.3 is 5.97 Å². The first kappa shape index (κ1) is 17.7. The van der Waals surface area contributed by atoms with Crippen molar-refractivity contribution in [2.45, 2.75) is 12.5 Å². The molecule has 0 spiro atoms. The number of pyridine rings is 1. The molecule has 0 bridgehead atoms. The van der Waals surface area contributed by atoms with Crippen molar-refractivity contribution in [3.63, 3.8) is 0 Å². The van der Waals surface area contributed by atoms with E-state index in [2.05, 4.69) is 4.98 Å². The third-order valence-corrected chi connectivity index (χ3v) is 4.91. The van der Waals surface area contributed by atoms with E-state index in [4.69, 9.17) is 32.9 Å². The first-order chi connectivity index (χ1) is 13.0. The summed E-state index contributed by atoms with van der Waals surface area (Å²) in [5.74, 6) is -0.420. The van der Waals surface area contributed by atoms with Crippen LogP contribution in [0.5, 0.6) is 0 Å². The lowest BCUT2D eigenvalue weighted by molar-refractivity contribution is -0.148. The molecule has 2 aromatic carbocycles. The zero-order chi connectivity index (χ0) is 19.0. The second-order valence-electron chi connectivity index (χ2n) is 6.14. The highest BCUT2D eigenvalue weighted by molar-refractivity contribution is 6.31. The summed E-state index contributed by atoms with van der Waals surface area (Å²) in [6, 6.07) is 16.3. The van der Waals surface area contributed by atoms with Crippen molar-refractivity contribution in [1.82, 2.24) is 4.98 Å². The SMILES string of the molecule is CC(=O)OC1(c2ccc(Cl)cc2)C(c2ccc(Cl)cc2)=Nc2cnccc21. The molecule has 4 nitrogen and oxygen atoms in total. The minimum Gasteiger partial charge on any atom is -0.443 e. The van der Waals surface area contributed by atoms with Crippen LogP contribution in [-0.4, -0.2) is 16.7 Å². The molecular weight excluding hydrogens is 383 g/mol. The maximum atomic E-state index is 12.1. The summed E-state index contributed by atoms with van der Waals surface area (Å²) < 4.78 is 5.97. The van der Waals surface area contributed by atoms with Gasteiger partial charge in [0.05, 0.1) is 11.9 Å². The third kappa shape index (κ3) is 3.01. The van der Waals surface area contributed by atoms with Crippen molar-refractivity contribution < 1.29 is 9.53 Å². The van der Waals surface area contributed by atoms with E-state index in [0.717, 1.165) is 16.7 Å². The highest BCUT2D eigenvalue weighted by Crippen LogP contribution is 2.47. The number of esters is 1. The topological polar surface area (TPSA) is 51.5 Å². The average Bonchev–Trinajstić information content (AvgIpc) is 2.98. The van der Waals surface area contributed by atoms with Crippen molar-refractivity contribution >= 4 is 40.6 Å². The summed E-state index contributed by atoms with van der Waals surface area (Å²) in [5, 5.41) is 1.20. The van der Waals surface area contributed by atoms with Gasteiger partial charge in [0.2, 0.25) is 5.60 Å². The number of aliphatic imine (C=N–C) groups is 1. The Morgan fingerprint density at radius 3 is 2.22 bits per heavy atom. The molecular formula is C21H14Cl2N2O2. The van der Waals surface area contributed by atoms with Crippen molar-refractivity contribution in [3.05, 3.63) is 93.7 Å². The Balaban J connectivity index is 2.02. The monoisotopic (exact) mass is 396 g/mol. The summed E-state index contributed by atoms with van der Waals surface area (Å²) in [4.78, 5) is 21.1. The summed E-state index contributed by atoms with van der Waals surface area (Å²) in [6.45, 7) is 1.39. The molecule has 0 fully saturated rings. The van der Waals surface area contributed by atoms with Gasteiger partial charge in [-0.2, -0.15) is 0 Å². The number of carbonyl (C=O) groups excluding carboxylic acids is 1. The smallest absolute Gasteiger partial charge is 0.304 e. The van der Waals surface area contributed by atoms with Crippen LogP contribution in [0.2, 0.25) is 10.0 Å². The van der Waals surface area contributed by atoms with Crippen LogP contribution in [-0.2, 0) is 15.1 Å². The molecule has 0 radical (unpaired) electrons. The average molecular weight is 397 g/mol. The molecule has 0 amide bonds. The van der Waals surface area contributed by atoms with Gasteiger partial charge in [-0.25, -0.2) is 4.99 Å². The van der Waals surface area contributed by atoms with E-state index < -0.39 is 11.6 Å². The molecule has 1 aliphatic rings. The quantitative estimate of drug-likeness (QED) is 0.562. The number of hydrogen-bond donors (Lipinski definition) is 0. The Kier molecular flexibility index (Phi) is 4.46. The second-order valence-corrected chi connectivity index (χ2v) is 7.01. The van der Waals surface area contributed by atoms with E-state index in [9.17, 15) is 4.79 Å². The molecule has 4 rings (SSSR count). The van der Waals surface area contributed by atoms with E-state index in [1.54, 1.807) is 36.7 Å². The fourth-order valence-corrected chi connectivity index (χ4v) is 3.58. The first-order valence-corrected chi connectivity index (χ1v) is 9.01. The maximum Gasteiger partial charge on any atom is 0.304 e. The van der Waals surface area contributed by atoms with Crippen LogP contribution < -0.4 is 0 Å².